The Bertz CT molecular complexity index is 649. The van der Waals surface area contributed by atoms with Crippen molar-refractivity contribution < 1.29 is 9.18 Å². The van der Waals surface area contributed by atoms with E-state index in [-0.39, 0.29) is 10.7 Å². The number of hydrogen-bond donors (Lipinski definition) is 1. The number of pyridine rings is 1. The highest BCUT2D eigenvalue weighted by atomic mass is 79.9. The zero-order valence-electron chi connectivity index (χ0n) is 9.88. The molecule has 0 bridgehead atoms. The molecule has 0 saturated carbocycles. The van der Waals surface area contributed by atoms with Crippen molar-refractivity contribution in [1.29, 1.82) is 0 Å². The van der Waals surface area contributed by atoms with Crippen molar-refractivity contribution in [1.82, 2.24) is 4.98 Å². The van der Waals surface area contributed by atoms with E-state index in [9.17, 15) is 9.18 Å². The van der Waals surface area contributed by atoms with E-state index >= 15 is 0 Å². The van der Waals surface area contributed by atoms with Crippen molar-refractivity contribution >= 4 is 39.1 Å². The van der Waals surface area contributed by atoms with E-state index in [0.717, 1.165) is 0 Å². The zero-order chi connectivity index (χ0) is 14.0. The summed E-state index contributed by atoms with van der Waals surface area (Å²) in [6, 6.07) is 5.66. The maximum Gasteiger partial charge on any atom is 0.256 e. The number of halogens is 3. The number of rotatable bonds is 2. The molecule has 19 heavy (non-hydrogen) atoms. The first-order valence-electron chi connectivity index (χ1n) is 5.36. The number of nitrogens with one attached hydrogen (secondary N) is 1. The van der Waals surface area contributed by atoms with E-state index in [1.165, 1.54) is 18.3 Å². The first-order valence-corrected chi connectivity index (χ1v) is 6.53. The summed E-state index contributed by atoms with van der Waals surface area (Å²) in [6.45, 7) is 1.73. The summed E-state index contributed by atoms with van der Waals surface area (Å²) >= 11 is 9.11. The zero-order valence-corrected chi connectivity index (χ0v) is 12.2. The molecular formula is C13H9BrClFN2O. The van der Waals surface area contributed by atoms with Gasteiger partial charge in [0.1, 0.15) is 5.82 Å². The molecule has 1 amide bonds. The number of amides is 1. The number of benzene rings is 1. The molecule has 0 fully saturated rings. The van der Waals surface area contributed by atoms with Gasteiger partial charge >= 0.3 is 0 Å². The monoisotopic (exact) mass is 342 g/mol. The minimum atomic E-state index is -0.464. The number of carbonyl (C=O) groups is 1. The van der Waals surface area contributed by atoms with E-state index in [1.807, 2.05) is 0 Å². The van der Waals surface area contributed by atoms with Gasteiger partial charge in [-0.2, -0.15) is 0 Å². The number of nitrogens with zero attached hydrogens (tertiary/aromatic N) is 1. The molecule has 6 heteroatoms. The number of anilines is 1. The van der Waals surface area contributed by atoms with Crippen LogP contribution in [0.4, 0.5) is 10.1 Å². The Morgan fingerprint density at radius 3 is 2.89 bits per heavy atom. The van der Waals surface area contributed by atoms with Crippen molar-refractivity contribution in [3.63, 3.8) is 0 Å². The van der Waals surface area contributed by atoms with Gasteiger partial charge in [-0.3, -0.25) is 4.79 Å². The summed E-state index contributed by atoms with van der Waals surface area (Å²) in [6.07, 6.45) is 1.52. The van der Waals surface area contributed by atoms with Crippen LogP contribution in [0.2, 0.25) is 5.15 Å². The minimum absolute atomic E-state index is 0.172. The molecule has 0 aliphatic rings. The highest BCUT2D eigenvalue weighted by Crippen LogP contribution is 2.24. The van der Waals surface area contributed by atoms with Gasteiger partial charge in [0.25, 0.3) is 5.91 Å². The second-order valence-electron chi connectivity index (χ2n) is 3.91. The van der Waals surface area contributed by atoms with Gasteiger partial charge in [-0.05, 0) is 46.6 Å². The average Bonchev–Trinajstić information content (AvgIpc) is 2.36. The quantitative estimate of drug-likeness (QED) is 0.831. The summed E-state index contributed by atoms with van der Waals surface area (Å²) in [5.41, 5.74) is 1.30. The molecule has 1 N–H and O–H groups in total. The van der Waals surface area contributed by atoms with Gasteiger partial charge in [-0.25, -0.2) is 9.37 Å². The second kappa shape index (κ2) is 5.67. The van der Waals surface area contributed by atoms with Gasteiger partial charge in [-0.1, -0.05) is 17.7 Å². The first kappa shape index (κ1) is 14.0. The molecule has 1 heterocycles. The topological polar surface area (TPSA) is 42.0 Å². The van der Waals surface area contributed by atoms with Gasteiger partial charge in [0, 0.05) is 16.2 Å². The number of hydrogen-bond acceptors (Lipinski definition) is 2. The molecule has 0 unspecified atom stereocenters. The fraction of sp³-hybridized carbons (Fsp3) is 0.0769. The van der Waals surface area contributed by atoms with Gasteiger partial charge < -0.3 is 5.32 Å². The molecule has 0 atom stereocenters. The van der Waals surface area contributed by atoms with Crippen molar-refractivity contribution in [3.8, 4) is 0 Å². The van der Waals surface area contributed by atoms with Crippen molar-refractivity contribution in [3.05, 3.63) is 57.0 Å². The van der Waals surface area contributed by atoms with Crippen LogP contribution in [0.3, 0.4) is 0 Å². The van der Waals surface area contributed by atoms with Crippen LogP contribution in [0, 0.1) is 12.7 Å². The van der Waals surface area contributed by atoms with Crippen LogP contribution in [0.25, 0.3) is 0 Å². The maximum absolute atomic E-state index is 13.2. The molecule has 0 spiro atoms. The van der Waals surface area contributed by atoms with Gasteiger partial charge in [-0.15, -0.1) is 0 Å². The lowest BCUT2D eigenvalue weighted by Gasteiger charge is -2.09. The Kier molecular flexibility index (Phi) is 4.17. The first-order chi connectivity index (χ1) is 8.97. The number of carbonyl (C=O) groups excluding carboxylic acids is 1. The van der Waals surface area contributed by atoms with Crippen LogP contribution in [0.5, 0.6) is 0 Å². The molecule has 1 aromatic carbocycles. The van der Waals surface area contributed by atoms with Crippen molar-refractivity contribution in [2.45, 2.75) is 6.92 Å². The lowest BCUT2D eigenvalue weighted by molar-refractivity contribution is 0.102. The molecule has 2 rings (SSSR count). The predicted octanol–water partition coefficient (Wildman–Crippen LogP) is 4.20. The van der Waals surface area contributed by atoms with E-state index in [2.05, 4.69) is 26.2 Å². The van der Waals surface area contributed by atoms with Crippen LogP contribution in [-0.4, -0.2) is 10.9 Å². The van der Waals surface area contributed by atoms with Crippen LogP contribution in [0.1, 0.15) is 15.9 Å². The van der Waals surface area contributed by atoms with Gasteiger partial charge in [0.15, 0.2) is 5.15 Å². The smallest absolute Gasteiger partial charge is 0.256 e. The Morgan fingerprint density at radius 2 is 2.16 bits per heavy atom. The van der Waals surface area contributed by atoms with Crippen LogP contribution < -0.4 is 5.32 Å². The third kappa shape index (κ3) is 3.30. The fourth-order valence-corrected chi connectivity index (χ4v) is 2.02. The molecule has 1 aromatic heterocycles. The summed E-state index contributed by atoms with van der Waals surface area (Å²) in [4.78, 5) is 16.0. The Morgan fingerprint density at radius 1 is 1.42 bits per heavy atom. The molecule has 0 radical (unpaired) electrons. The van der Waals surface area contributed by atoms with Gasteiger partial charge in [0.05, 0.1) is 5.69 Å². The lowest BCUT2D eigenvalue weighted by Crippen LogP contribution is -2.14. The SMILES string of the molecule is Cc1ccc(F)cc1C(=O)Nc1cc(Br)cnc1Cl. The largest absolute Gasteiger partial charge is 0.319 e. The highest BCUT2D eigenvalue weighted by Gasteiger charge is 2.12. The third-order valence-electron chi connectivity index (χ3n) is 2.50. The number of aryl methyl sites for hydroxylation is 1. The maximum atomic E-state index is 13.2. The molecule has 0 aliphatic carbocycles. The van der Waals surface area contributed by atoms with E-state index in [0.29, 0.717) is 15.7 Å². The number of aromatic nitrogens is 1. The molecule has 0 aliphatic heterocycles. The molecule has 0 saturated heterocycles. The summed E-state index contributed by atoms with van der Waals surface area (Å²) in [5, 5.41) is 2.78. The fourth-order valence-electron chi connectivity index (χ4n) is 1.54. The molecular weight excluding hydrogens is 335 g/mol. The van der Waals surface area contributed by atoms with Crippen LogP contribution >= 0.6 is 27.5 Å². The standard InChI is InChI=1S/C13H9BrClFN2O/c1-7-2-3-9(16)5-10(7)13(19)18-11-4-8(14)6-17-12(11)15/h2-6H,1H3,(H,18,19). The summed E-state index contributed by atoms with van der Waals surface area (Å²) in [7, 11) is 0. The van der Waals surface area contributed by atoms with Crippen LogP contribution in [0.15, 0.2) is 34.9 Å². The highest BCUT2D eigenvalue weighted by molar-refractivity contribution is 9.10. The lowest BCUT2D eigenvalue weighted by atomic mass is 10.1. The predicted molar refractivity (Wildman–Crippen MR) is 76.0 cm³/mol. The molecule has 3 nitrogen and oxygen atoms in total. The van der Waals surface area contributed by atoms with Crippen molar-refractivity contribution in [2.24, 2.45) is 0 Å². The summed E-state index contributed by atoms with van der Waals surface area (Å²) in [5.74, 6) is -0.895. The average molecular weight is 344 g/mol. The second-order valence-corrected chi connectivity index (χ2v) is 5.18. The Labute approximate surface area is 122 Å². The van der Waals surface area contributed by atoms with Crippen LogP contribution in [-0.2, 0) is 0 Å². The molecule has 98 valence electrons. The van der Waals surface area contributed by atoms with E-state index in [1.54, 1.807) is 19.1 Å². The molecule has 2 aromatic rings. The Hall–Kier alpha value is -1.46. The van der Waals surface area contributed by atoms with E-state index < -0.39 is 11.7 Å². The normalized spacial score (nSPS) is 10.3. The third-order valence-corrected chi connectivity index (χ3v) is 3.23. The van der Waals surface area contributed by atoms with Crippen molar-refractivity contribution in [2.75, 3.05) is 5.32 Å². The summed E-state index contributed by atoms with van der Waals surface area (Å²) < 4.78 is 13.8. The van der Waals surface area contributed by atoms with E-state index in [4.69, 9.17) is 11.6 Å². The minimum Gasteiger partial charge on any atom is -0.319 e. The Balaban J connectivity index is 2.30. The van der Waals surface area contributed by atoms with Gasteiger partial charge in [0.2, 0.25) is 0 Å².